The molecule has 1 atom stereocenters. The van der Waals surface area contributed by atoms with Crippen molar-refractivity contribution in [2.75, 3.05) is 19.6 Å². The average Bonchev–Trinajstić information content (AvgIpc) is 3.12. The van der Waals surface area contributed by atoms with Gasteiger partial charge in [0.2, 0.25) is 15.9 Å². The number of sulfonamides is 1. The van der Waals surface area contributed by atoms with E-state index >= 15 is 0 Å². The predicted molar refractivity (Wildman–Crippen MR) is 91.9 cm³/mol. The van der Waals surface area contributed by atoms with Crippen molar-refractivity contribution in [2.45, 2.75) is 42.7 Å². The van der Waals surface area contributed by atoms with Crippen molar-refractivity contribution >= 4 is 15.9 Å². The number of rotatable bonds is 4. The number of nitrogens with two attached hydrogens (primary N) is 1. The Labute approximate surface area is 148 Å². The van der Waals surface area contributed by atoms with Crippen molar-refractivity contribution in [1.82, 2.24) is 9.21 Å². The van der Waals surface area contributed by atoms with Crippen LogP contribution in [0.5, 0.6) is 0 Å². The molecule has 2 saturated heterocycles. The van der Waals surface area contributed by atoms with Crippen LogP contribution in [0.1, 0.15) is 31.2 Å². The van der Waals surface area contributed by atoms with E-state index in [0.29, 0.717) is 31.5 Å². The van der Waals surface area contributed by atoms with E-state index in [1.54, 1.807) is 0 Å². The van der Waals surface area contributed by atoms with Gasteiger partial charge >= 0.3 is 0 Å². The zero-order valence-electron chi connectivity index (χ0n) is 14.0. The van der Waals surface area contributed by atoms with E-state index < -0.39 is 10.0 Å². The van der Waals surface area contributed by atoms with Crippen molar-refractivity contribution in [3.05, 3.63) is 29.8 Å². The molecule has 0 spiro atoms. The Morgan fingerprint density at radius 1 is 1.12 bits per heavy atom. The molecule has 2 heterocycles. The van der Waals surface area contributed by atoms with Crippen LogP contribution < -0.4 is 5.73 Å². The average molecular weight is 362 g/mol. The molecule has 1 aromatic rings. The molecule has 8 heteroatoms. The first-order valence-electron chi connectivity index (χ1n) is 8.49. The number of nitrogens with zero attached hydrogens (tertiary/aromatic N) is 3. The molecule has 2 N–H and O–H groups in total. The first-order chi connectivity index (χ1) is 11.9. The van der Waals surface area contributed by atoms with Gasteiger partial charge in [-0.25, -0.2) is 8.42 Å². The van der Waals surface area contributed by atoms with Gasteiger partial charge in [-0.1, -0.05) is 0 Å². The van der Waals surface area contributed by atoms with Crippen LogP contribution in [0.2, 0.25) is 0 Å². The van der Waals surface area contributed by atoms with Crippen LogP contribution in [0.3, 0.4) is 0 Å². The summed E-state index contributed by atoms with van der Waals surface area (Å²) in [6.07, 6.45) is 3.13. The Hall–Kier alpha value is -1.95. The summed E-state index contributed by atoms with van der Waals surface area (Å²) < 4.78 is 27.0. The molecule has 0 radical (unpaired) electrons. The molecule has 1 aromatic carbocycles. The van der Waals surface area contributed by atoms with E-state index in [-0.39, 0.29) is 22.9 Å². The van der Waals surface area contributed by atoms with Gasteiger partial charge in [0, 0.05) is 19.1 Å². The molecule has 1 amide bonds. The SMILES string of the molecule is N#Cc1ccc(S(=O)(=O)N2CCC(N3CCCC3C(N)=O)CC2)cc1. The van der Waals surface area contributed by atoms with Gasteiger partial charge in [-0.2, -0.15) is 9.57 Å². The summed E-state index contributed by atoms with van der Waals surface area (Å²) in [6, 6.07) is 7.95. The third kappa shape index (κ3) is 3.54. The van der Waals surface area contributed by atoms with Crippen LogP contribution in [-0.4, -0.2) is 55.2 Å². The van der Waals surface area contributed by atoms with Gasteiger partial charge in [0.15, 0.2) is 0 Å². The maximum absolute atomic E-state index is 12.7. The minimum absolute atomic E-state index is 0.201. The van der Waals surface area contributed by atoms with Gasteiger partial charge < -0.3 is 5.73 Å². The Morgan fingerprint density at radius 3 is 2.32 bits per heavy atom. The number of amides is 1. The summed E-state index contributed by atoms with van der Waals surface area (Å²) in [6.45, 7) is 1.70. The van der Waals surface area contributed by atoms with Gasteiger partial charge in [0.1, 0.15) is 0 Å². The third-order valence-electron chi connectivity index (χ3n) is 5.14. The highest BCUT2D eigenvalue weighted by molar-refractivity contribution is 7.89. The molecule has 7 nitrogen and oxygen atoms in total. The van der Waals surface area contributed by atoms with E-state index in [1.165, 1.54) is 28.6 Å². The number of hydrogen-bond acceptors (Lipinski definition) is 5. The second kappa shape index (κ2) is 7.12. The molecule has 2 aliphatic heterocycles. The van der Waals surface area contributed by atoms with Gasteiger partial charge in [-0.05, 0) is 56.5 Å². The van der Waals surface area contributed by atoms with Crippen LogP contribution in [-0.2, 0) is 14.8 Å². The number of likely N-dealkylation sites (tertiary alicyclic amines) is 1. The second-order valence-electron chi connectivity index (χ2n) is 6.57. The Balaban J connectivity index is 1.67. The highest BCUT2D eigenvalue weighted by atomic mass is 32.2. The number of primary amides is 1. The zero-order valence-corrected chi connectivity index (χ0v) is 14.8. The van der Waals surface area contributed by atoms with Crippen LogP contribution in [0.4, 0.5) is 0 Å². The molecule has 25 heavy (non-hydrogen) atoms. The standard InChI is InChI=1S/C17H22N4O3S/c18-12-13-3-5-15(6-4-13)25(23,24)20-10-7-14(8-11-20)21-9-1-2-16(21)17(19)22/h3-6,14,16H,1-2,7-11H2,(H2,19,22). The van der Waals surface area contributed by atoms with E-state index in [2.05, 4.69) is 4.90 Å². The first-order valence-corrected chi connectivity index (χ1v) is 9.93. The van der Waals surface area contributed by atoms with E-state index in [4.69, 9.17) is 11.0 Å². The van der Waals surface area contributed by atoms with Gasteiger partial charge in [-0.3, -0.25) is 9.69 Å². The van der Waals surface area contributed by atoms with Crippen LogP contribution in [0.25, 0.3) is 0 Å². The zero-order chi connectivity index (χ0) is 18.0. The summed E-state index contributed by atoms with van der Waals surface area (Å²) in [7, 11) is -3.55. The van der Waals surface area contributed by atoms with Crippen molar-refractivity contribution < 1.29 is 13.2 Å². The van der Waals surface area contributed by atoms with Crippen molar-refractivity contribution in [3.8, 4) is 6.07 Å². The van der Waals surface area contributed by atoms with Crippen LogP contribution in [0.15, 0.2) is 29.2 Å². The van der Waals surface area contributed by atoms with Gasteiger partial charge in [0.05, 0.1) is 22.6 Å². The highest BCUT2D eigenvalue weighted by Crippen LogP contribution is 2.28. The Bertz CT molecular complexity index is 777. The molecule has 0 saturated carbocycles. The lowest BCUT2D eigenvalue weighted by Crippen LogP contribution is -2.51. The molecule has 2 aliphatic rings. The summed E-state index contributed by atoms with van der Waals surface area (Å²) >= 11 is 0. The quantitative estimate of drug-likeness (QED) is 0.847. The minimum Gasteiger partial charge on any atom is -0.368 e. The maximum Gasteiger partial charge on any atom is 0.243 e. The van der Waals surface area contributed by atoms with Gasteiger partial charge in [-0.15, -0.1) is 0 Å². The highest BCUT2D eigenvalue weighted by Gasteiger charge is 2.37. The van der Waals surface area contributed by atoms with E-state index in [0.717, 1.165) is 19.4 Å². The van der Waals surface area contributed by atoms with E-state index in [9.17, 15) is 13.2 Å². The number of carbonyl (C=O) groups is 1. The summed E-state index contributed by atoms with van der Waals surface area (Å²) in [4.78, 5) is 13.9. The number of piperidine rings is 1. The normalized spacial score (nSPS) is 23.4. The summed E-state index contributed by atoms with van der Waals surface area (Å²) in [5.74, 6) is -0.287. The monoisotopic (exact) mass is 362 g/mol. The van der Waals surface area contributed by atoms with Crippen LogP contribution >= 0.6 is 0 Å². The molecule has 2 fully saturated rings. The van der Waals surface area contributed by atoms with Crippen molar-refractivity contribution in [1.29, 1.82) is 5.26 Å². The third-order valence-corrected chi connectivity index (χ3v) is 7.05. The smallest absolute Gasteiger partial charge is 0.243 e. The maximum atomic E-state index is 12.7. The molecular weight excluding hydrogens is 340 g/mol. The van der Waals surface area contributed by atoms with Gasteiger partial charge in [0.25, 0.3) is 0 Å². The fourth-order valence-corrected chi connectivity index (χ4v) is 5.27. The second-order valence-corrected chi connectivity index (χ2v) is 8.51. The molecular formula is C17H22N4O3S. The lowest BCUT2D eigenvalue weighted by Gasteiger charge is -2.38. The number of nitriles is 1. The minimum atomic E-state index is -3.55. The molecule has 0 aromatic heterocycles. The Kier molecular flexibility index (Phi) is 5.08. The fourth-order valence-electron chi connectivity index (χ4n) is 3.80. The predicted octanol–water partition coefficient (Wildman–Crippen LogP) is 0.661. The number of benzene rings is 1. The number of carbonyl (C=O) groups excluding carboxylic acids is 1. The molecule has 0 bridgehead atoms. The first kappa shape index (κ1) is 17.9. The fraction of sp³-hybridized carbons (Fsp3) is 0.529. The van der Waals surface area contributed by atoms with Crippen molar-refractivity contribution in [3.63, 3.8) is 0 Å². The molecule has 0 aliphatic carbocycles. The molecule has 134 valence electrons. The summed E-state index contributed by atoms with van der Waals surface area (Å²) in [5, 5.41) is 8.83. The lowest BCUT2D eigenvalue weighted by molar-refractivity contribution is -0.123. The van der Waals surface area contributed by atoms with Crippen molar-refractivity contribution in [2.24, 2.45) is 5.73 Å². The number of hydrogen-bond donors (Lipinski definition) is 1. The lowest BCUT2D eigenvalue weighted by atomic mass is 10.0. The summed E-state index contributed by atoms with van der Waals surface area (Å²) in [5.41, 5.74) is 5.92. The van der Waals surface area contributed by atoms with Crippen LogP contribution in [0, 0.1) is 11.3 Å². The van der Waals surface area contributed by atoms with E-state index in [1.807, 2.05) is 6.07 Å². The largest absolute Gasteiger partial charge is 0.368 e. The Morgan fingerprint density at radius 2 is 1.76 bits per heavy atom. The molecule has 3 rings (SSSR count). The molecule has 1 unspecified atom stereocenters. The topological polar surface area (TPSA) is 108 Å².